The van der Waals surface area contributed by atoms with Crippen LogP contribution in [0.15, 0.2) is 73.6 Å². The molecule has 4 fully saturated rings. The fourth-order valence-corrected chi connectivity index (χ4v) is 9.98. The molecular formula is C42H46F2N12O4S. The minimum absolute atomic E-state index is 0.174. The molecule has 2 N–H and O–H groups in total. The van der Waals surface area contributed by atoms with Gasteiger partial charge in [-0.2, -0.15) is 17.8 Å². The smallest absolute Gasteiger partial charge is 0.301 e. The largest absolute Gasteiger partial charge is 0.366 e. The van der Waals surface area contributed by atoms with E-state index in [-0.39, 0.29) is 34.8 Å². The summed E-state index contributed by atoms with van der Waals surface area (Å²) in [6, 6.07) is 9.19. The van der Waals surface area contributed by atoms with Crippen molar-refractivity contribution in [3.05, 3.63) is 90.8 Å². The van der Waals surface area contributed by atoms with Crippen molar-refractivity contribution in [3.63, 3.8) is 0 Å². The van der Waals surface area contributed by atoms with Crippen LogP contribution in [0.25, 0.3) is 28.3 Å². The van der Waals surface area contributed by atoms with Crippen LogP contribution < -0.4 is 19.8 Å². The van der Waals surface area contributed by atoms with Gasteiger partial charge in [-0.1, -0.05) is 6.07 Å². The quantitative estimate of drug-likeness (QED) is 0.180. The molecule has 61 heavy (non-hydrogen) atoms. The molecule has 2 amide bonds. The molecule has 5 aromatic rings. The molecule has 4 aliphatic rings. The molecule has 8 heterocycles. The van der Waals surface area contributed by atoms with E-state index < -0.39 is 27.5 Å². The third-order valence-electron chi connectivity index (χ3n) is 12.1. The molecule has 4 aliphatic heterocycles. The number of carbonyl (C=O) groups is 2. The van der Waals surface area contributed by atoms with Crippen molar-refractivity contribution >= 4 is 39.2 Å². The topological polar surface area (TPSA) is 175 Å². The Kier molecular flexibility index (Phi) is 11.4. The first-order chi connectivity index (χ1) is 29.6. The van der Waals surface area contributed by atoms with Crippen molar-refractivity contribution in [1.82, 2.24) is 44.2 Å². The van der Waals surface area contributed by atoms with E-state index in [1.165, 1.54) is 15.2 Å². The number of halogens is 2. The molecule has 0 radical (unpaired) electrons. The van der Waals surface area contributed by atoms with E-state index in [4.69, 9.17) is 5.10 Å². The molecule has 4 aromatic heterocycles. The van der Waals surface area contributed by atoms with Gasteiger partial charge in [0.1, 0.15) is 17.3 Å². The molecule has 9 rings (SSSR count). The highest BCUT2D eigenvalue weighted by atomic mass is 32.2. The first-order valence-electron chi connectivity index (χ1n) is 20.7. The highest BCUT2D eigenvalue weighted by molar-refractivity contribution is 7.90. The maximum absolute atomic E-state index is 16.2. The summed E-state index contributed by atoms with van der Waals surface area (Å²) in [5.74, 6) is -0.848. The van der Waals surface area contributed by atoms with Crippen LogP contribution in [0.4, 0.5) is 26.0 Å². The summed E-state index contributed by atoms with van der Waals surface area (Å²) in [6.45, 7) is 6.90. The Morgan fingerprint density at radius 3 is 2.23 bits per heavy atom. The van der Waals surface area contributed by atoms with Gasteiger partial charge in [0.25, 0.3) is 5.95 Å². The summed E-state index contributed by atoms with van der Waals surface area (Å²) in [5, 5.41) is 7.12. The predicted octanol–water partition coefficient (Wildman–Crippen LogP) is 4.38. The van der Waals surface area contributed by atoms with Gasteiger partial charge in [0.05, 0.1) is 29.7 Å². The van der Waals surface area contributed by atoms with Gasteiger partial charge in [-0.25, -0.2) is 28.4 Å². The van der Waals surface area contributed by atoms with Gasteiger partial charge in [-0.15, -0.1) is 0 Å². The van der Waals surface area contributed by atoms with Crippen LogP contribution in [0, 0.1) is 17.6 Å². The van der Waals surface area contributed by atoms with E-state index in [9.17, 15) is 18.0 Å². The molecule has 318 valence electrons. The van der Waals surface area contributed by atoms with Crippen LogP contribution in [-0.4, -0.2) is 118 Å². The lowest BCUT2D eigenvalue weighted by Crippen LogP contribution is -2.49. The second-order valence-corrected chi connectivity index (χ2v) is 17.7. The number of piperazine rings is 1. The third-order valence-corrected chi connectivity index (χ3v) is 13.6. The van der Waals surface area contributed by atoms with Crippen molar-refractivity contribution < 1.29 is 26.8 Å². The summed E-state index contributed by atoms with van der Waals surface area (Å²) in [4.78, 5) is 48.9. The summed E-state index contributed by atoms with van der Waals surface area (Å²) < 4.78 is 62.2. The molecule has 0 aliphatic carbocycles. The van der Waals surface area contributed by atoms with E-state index >= 15 is 8.78 Å². The van der Waals surface area contributed by atoms with Crippen LogP contribution in [-0.2, 0) is 19.8 Å². The maximum Gasteiger partial charge on any atom is 0.301 e. The number of nitrogens with zero attached hydrogens (tertiary/aromatic N) is 10. The second kappa shape index (κ2) is 17.2. The van der Waals surface area contributed by atoms with Gasteiger partial charge < -0.3 is 9.80 Å². The second-order valence-electron chi connectivity index (χ2n) is 16.0. The average molecular weight is 853 g/mol. The molecule has 16 nitrogen and oxygen atoms in total. The van der Waals surface area contributed by atoms with Crippen molar-refractivity contribution in [3.8, 4) is 28.3 Å². The fourth-order valence-electron chi connectivity index (χ4n) is 8.68. The molecule has 0 saturated carbocycles. The first kappa shape index (κ1) is 40.5. The predicted molar refractivity (Wildman–Crippen MR) is 224 cm³/mol. The number of piperidine rings is 2. The zero-order chi connectivity index (χ0) is 42.1. The lowest BCUT2D eigenvalue weighted by Gasteiger charge is -2.39. The first-order valence-corrected chi connectivity index (χ1v) is 22.1. The Morgan fingerprint density at radius 1 is 0.803 bits per heavy atom. The number of rotatable bonds is 11. The molecule has 0 bridgehead atoms. The number of amides is 2. The summed E-state index contributed by atoms with van der Waals surface area (Å²) >= 11 is 0. The number of aromatic nitrogens is 6. The highest BCUT2D eigenvalue weighted by Gasteiger charge is 2.31. The van der Waals surface area contributed by atoms with Gasteiger partial charge in [-0.05, 0) is 67.9 Å². The number of imide groups is 1. The van der Waals surface area contributed by atoms with Crippen LogP contribution in [0.1, 0.15) is 50.0 Å². The molecule has 1 atom stereocenters. The molecule has 0 spiro atoms. The number of hydrogen-bond donors (Lipinski definition) is 2. The Balaban J connectivity index is 0.824. The molecule has 19 heteroatoms. The Labute approximate surface area is 352 Å². The van der Waals surface area contributed by atoms with Gasteiger partial charge in [0.2, 0.25) is 11.8 Å². The highest BCUT2D eigenvalue weighted by Crippen LogP contribution is 2.37. The van der Waals surface area contributed by atoms with Gasteiger partial charge >= 0.3 is 10.2 Å². The van der Waals surface area contributed by atoms with Gasteiger partial charge in [-0.3, -0.25) is 29.5 Å². The zero-order valence-electron chi connectivity index (χ0n) is 33.5. The normalized spacial score (nSPS) is 19.7. The van der Waals surface area contributed by atoms with Crippen LogP contribution in [0.2, 0.25) is 0 Å². The Morgan fingerprint density at radius 2 is 1.54 bits per heavy atom. The van der Waals surface area contributed by atoms with Crippen molar-refractivity contribution in [2.45, 2.75) is 44.4 Å². The van der Waals surface area contributed by atoms with Gasteiger partial charge in [0, 0.05) is 113 Å². The minimum Gasteiger partial charge on any atom is -0.366 e. The van der Waals surface area contributed by atoms with Crippen LogP contribution >= 0.6 is 0 Å². The zero-order valence-corrected chi connectivity index (χ0v) is 34.3. The fraction of sp³-hybridized carbons (Fsp3) is 0.405. The Hall–Kier alpha value is -5.92. The lowest BCUT2D eigenvalue weighted by atomic mass is 9.91. The number of benzene rings is 1. The molecular weight excluding hydrogens is 807 g/mol. The summed E-state index contributed by atoms with van der Waals surface area (Å²) in [5.41, 5.74) is 2.15. The van der Waals surface area contributed by atoms with Crippen molar-refractivity contribution in [2.75, 3.05) is 73.4 Å². The average Bonchev–Trinajstić information content (AvgIpc) is 3.99. The third kappa shape index (κ3) is 8.80. The Bertz CT molecular complexity index is 2490. The minimum atomic E-state index is -4.09. The summed E-state index contributed by atoms with van der Waals surface area (Å²) in [6.07, 6.45) is 14.3. The van der Waals surface area contributed by atoms with E-state index in [2.05, 4.69) is 44.7 Å². The van der Waals surface area contributed by atoms with Crippen molar-refractivity contribution in [1.29, 1.82) is 0 Å². The lowest BCUT2D eigenvalue weighted by molar-refractivity contribution is -0.134. The number of anilines is 3. The number of hydrogen-bond acceptors (Lipinski definition) is 12. The number of nitrogens with one attached hydrogen (secondary N) is 2. The van der Waals surface area contributed by atoms with Crippen LogP contribution in [0.5, 0.6) is 0 Å². The van der Waals surface area contributed by atoms with Crippen molar-refractivity contribution in [2.24, 2.45) is 5.92 Å². The molecule has 0 unspecified atom stereocenters. The SMILES string of the molecule is O=C1CC[C@H](c2ccc(N3CCC(CN4CCN(c5cnc(-n6cc(-c7cc(F)cc(NS(=O)(=O)N8CCCC8)c7F)c(-c7ccncc7)n6)nc5)CC4)CC3)nc2)C(=O)N1. The maximum atomic E-state index is 16.2. The van der Waals surface area contributed by atoms with Gasteiger partial charge in [0.15, 0.2) is 5.82 Å². The van der Waals surface area contributed by atoms with E-state index in [0.29, 0.717) is 55.9 Å². The van der Waals surface area contributed by atoms with Crippen LogP contribution in [0.3, 0.4) is 0 Å². The molecule has 4 saturated heterocycles. The van der Waals surface area contributed by atoms with E-state index in [1.807, 2.05) is 12.1 Å². The molecule has 1 aromatic carbocycles. The standard InChI is InChI=1S/C42H46F2N12O4S/c43-31-21-34(39(44)36(22-31)51-61(59,60)55-13-1-2-14-55)35-27-56(50-40(35)29-7-11-45-12-8-29)42-47-24-32(25-48-42)53-19-17-52(18-20-53)26-28-9-15-54(16-10-28)37-5-3-30(23-46-37)33-4-6-38(57)49-41(33)58/h3,5,7-8,11-12,21-25,27-28,33,51H,1-2,4,6,9-10,13-20,26H2,(H,49,57,58)/t33-/m1/s1. The van der Waals surface area contributed by atoms with E-state index in [0.717, 1.165) is 87.9 Å². The number of pyridine rings is 2. The summed E-state index contributed by atoms with van der Waals surface area (Å²) in [7, 11) is -4.09. The van der Waals surface area contributed by atoms with E-state index in [1.54, 1.807) is 43.1 Å². The number of carbonyl (C=O) groups excluding carboxylic acids is 2. The monoisotopic (exact) mass is 852 g/mol.